The van der Waals surface area contributed by atoms with Crippen LogP contribution in [0.4, 0.5) is 5.95 Å². The smallest absolute Gasteiger partial charge is 0.243 e. The molecule has 38 heavy (non-hydrogen) atoms. The molecule has 2 atom stereocenters. The molecule has 2 unspecified atom stereocenters. The molecule has 4 rings (SSSR count). The fraction of sp³-hybridized carbons (Fsp3) is 0.320. The second kappa shape index (κ2) is 11.1. The lowest BCUT2D eigenvalue weighted by molar-refractivity contribution is 0.166. The van der Waals surface area contributed by atoms with Gasteiger partial charge in [-0.05, 0) is 50.1 Å². The van der Waals surface area contributed by atoms with Gasteiger partial charge in [0.2, 0.25) is 16.0 Å². The van der Waals surface area contributed by atoms with E-state index >= 15 is 0 Å². The van der Waals surface area contributed by atoms with Crippen LogP contribution in [-0.4, -0.2) is 62.7 Å². The van der Waals surface area contributed by atoms with Crippen LogP contribution >= 0.6 is 0 Å². The van der Waals surface area contributed by atoms with Crippen LogP contribution in [0.15, 0.2) is 48.8 Å². The summed E-state index contributed by atoms with van der Waals surface area (Å²) in [4.78, 5) is 12.8. The largest absolute Gasteiger partial charge is 0.494 e. The monoisotopic (exact) mass is 539 g/mol. The molecule has 4 aromatic rings. The van der Waals surface area contributed by atoms with Gasteiger partial charge in [0.05, 0.1) is 14.2 Å². The molecule has 0 spiro atoms. The molecule has 0 aliphatic carbocycles. The van der Waals surface area contributed by atoms with Crippen molar-refractivity contribution >= 4 is 16.0 Å². The summed E-state index contributed by atoms with van der Waals surface area (Å²) < 4.78 is 42.0. The molecule has 200 valence electrons. The van der Waals surface area contributed by atoms with Gasteiger partial charge in [0.1, 0.15) is 34.2 Å². The highest BCUT2D eigenvalue weighted by molar-refractivity contribution is 7.93. The van der Waals surface area contributed by atoms with Crippen molar-refractivity contribution in [1.29, 1.82) is 0 Å². The summed E-state index contributed by atoms with van der Waals surface area (Å²) in [6.45, 7) is 5.12. The Morgan fingerprint density at radius 3 is 2.26 bits per heavy atom. The molecule has 3 heterocycles. The molecule has 3 aromatic heterocycles. The minimum absolute atomic E-state index is 0.0115. The van der Waals surface area contributed by atoms with Gasteiger partial charge in [0, 0.05) is 18.1 Å². The van der Waals surface area contributed by atoms with E-state index in [0.29, 0.717) is 29.3 Å². The van der Waals surface area contributed by atoms with Crippen molar-refractivity contribution < 1.29 is 23.0 Å². The van der Waals surface area contributed by atoms with E-state index in [0.717, 1.165) is 11.3 Å². The summed E-state index contributed by atoms with van der Waals surface area (Å²) in [5.41, 5.74) is 2.44. The average Bonchev–Trinajstić information content (AvgIpc) is 3.34. The quantitative estimate of drug-likeness (QED) is 0.307. The molecule has 0 saturated carbocycles. The number of aliphatic hydroxyl groups excluding tert-OH is 1. The molecule has 2 N–H and O–H groups in total. The molecule has 0 radical (unpaired) electrons. The number of aromatic nitrogens is 6. The molecular weight excluding hydrogens is 510 g/mol. The molecule has 0 amide bonds. The Morgan fingerprint density at radius 2 is 1.66 bits per heavy atom. The molecule has 13 heteroatoms. The lowest BCUT2D eigenvalue weighted by Crippen LogP contribution is -2.32. The predicted octanol–water partition coefficient (Wildman–Crippen LogP) is 2.87. The molecule has 0 saturated heterocycles. The van der Waals surface area contributed by atoms with Gasteiger partial charge in [-0.2, -0.15) is 0 Å². The first kappa shape index (κ1) is 26.9. The molecule has 0 aliphatic heterocycles. The van der Waals surface area contributed by atoms with Crippen molar-refractivity contribution in [3.8, 4) is 28.7 Å². The number of anilines is 1. The molecule has 0 bridgehead atoms. The minimum atomic E-state index is -4.23. The van der Waals surface area contributed by atoms with E-state index in [1.54, 1.807) is 31.2 Å². The number of para-hydroxylation sites is 1. The average molecular weight is 540 g/mol. The van der Waals surface area contributed by atoms with Crippen LogP contribution in [0.2, 0.25) is 0 Å². The van der Waals surface area contributed by atoms with Crippen molar-refractivity contribution in [2.45, 2.75) is 38.5 Å². The summed E-state index contributed by atoms with van der Waals surface area (Å²) in [6.07, 6.45) is 2.21. The third-order valence-electron chi connectivity index (χ3n) is 5.92. The Labute approximate surface area is 220 Å². The number of pyridine rings is 1. The second-order valence-corrected chi connectivity index (χ2v) is 10.5. The summed E-state index contributed by atoms with van der Waals surface area (Å²) in [7, 11) is -1.25. The number of aliphatic hydroxyl groups is 1. The number of nitrogens with one attached hydrogen (secondary N) is 1. The highest BCUT2D eigenvalue weighted by Crippen LogP contribution is 2.37. The van der Waals surface area contributed by atoms with Crippen LogP contribution in [0.1, 0.15) is 37.0 Å². The van der Waals surface area contributed by atoms with Gasteiger partial charge < -0.3 is 14.6 Å². The van der Waals surface area contributed by atoms with E-state index in [-0.39, 0.29) is 17.6 Å². The molecule has 12 nitrogen and oxygen atoms in total. The standard InChI is InChI=1S/C25H29N7O5S/c1-6-17-9-7-10-18(28-17)24-29-30-25(32(24)21-19(36-4)11-8-12-20(21)37-5)31-38(34,35)16(3)22(33)23-26-13-15(2)14-27-23/h7-14,16,22,33H,6H2,1-5H3,(H,30,31). The summed E-state index contributed by atoms with van der Waals surface area (Å²) >= 11 is 0. The van der Waals surface area contributed by atoms with E-state index in [4.69, 9.17) is 9.47 Å². The zero-order valence-electron chi connectivity index (χ0n) is 21.7. The zero-order valence-corrected chi connectivity index (χ0v) is 22.5. The number of nitrogens with zero attached hydrogens (tertiary/aromatic N) is 6. The van der Waals surface area contributed by atoms with E-state index in [9.17, 15) is 13.5 Å². The van der Waals surface area contributed by atoms with Gasteiger partial charge in [-0.3, -0.25) is 9.29 Å². The molecule has 0 aliphatic rings. The lowest BCUT2D eigenvalue weighted by Gasteiger charge is -2.20. The maximum atomic E-state index is 13.4. The van der Waals surface area contributed by atoms with Crippen LogP contribution < -0.4 is 14.2 Å². The predicted molar refractivity (Wildman–Crippen MR) is 141 cm³/mol. The maximum Gasteiger partial charge on any atom is 0.243 e. The molecule has 0 fully saturated rings. The van der Waals surface area contributed by atoms with Crippen LogP contribution in [0.25, 0.3) is 17.2 Å². The fourth-order valence-corrected chi connectivity index (χ4v) is 4.77. The van der Waals surface area contributed by atoms with E-state index in [2.05, 4.69) is 29.9 Å². The van der Waals surface area contributed by atoms with Crippen LogP contribution in [0.3, 0.4) is 0 Å². The van der Waals surface area contributed by atoms with Crippen molar-refractivity contribution in [3.05, 3.63) is 65.9 Å². The van der Waals surface area contributed by atoms with Gasteiger partial charge in [0.15, 0.2) is 11.6 Å². The second-order valence-electron chi connectivity index (χ2n) is 8.48. The normalized spacial score (nSPS) is 13.1. The number of aryl methyl sites for hydroxylation is 2. The highest BCUT2D eigenvalue weighted by Gasteiger charge is 2.34. The van der Waals surface area contributed by atoms with E-state index in [1.165, 1.54) is 38.1 Å². The number of benzene rings is 1. The van der Waals surface area contributed by atoms with Gasteiger partial charge in [-0.1, -0.05) is 19.1 Å². The number of hydrogen-bond acceptors (Lipinski definition) is 10. The van der Waals surface area contributed by atoms with Crippen LogP contribution in [-0.2, 0) is 16.4 Å². The van der Waals surface area contributed by atoms with Gasteiger partial charge in [0.25, 0.3) is 0 Å². The van der Waals surface area contributed by atoms with Crippen molar-refractivity contribution in [2.24, 2.45) is 0 Å². The van der Waals surface area contributed by atoms with Gasteiger partial charge in [-0.25, -0.2) is 23.4 Å². The molecule has 1 aromatic carbocycles. The Hall–Kier alpha value is -4.10. The van der Waals surface area contributed by atoms with Crippen molar-refractivity contribution in [2.75, 3.05) is 18.9 Å². The number of ether oxygens (including phenoxy) is 2. The van der Waals surface area contributed by atoms with E-state index < -0.39 is 21.4 Å². The third-order valence-corrected chi connectivity index (χ3v) is 7.62. The number of hydrogen-bond donors (Lipinski definition) is 2. The first-order valence-electron chi connectivity index (χ1n) is 11.8. The van der Waals surface area contributed by atoms with Gasteiger partial charge >= 0.3 is 0 Å². The van der Waals surface area contributed by atoms with Crippen LogP contribution in [0.5, 0.6) is 11.5 Å². The SMILES string of the molecule is CCc1cccc(-c2nnc(NS(=O)(=O)C(C)C(O)c3ncc(C)cn3)n2-c2c(OC)cccc2OC)n1. The lowest BCUT2D eigenvalue weighted by atomic mass is 10.2. The Balaban J connectivity index is 1.84. The Bertz CT molecular complexity index is 1500. The van der Waals surface area contributed by atoms with Crippen molar-refractivity contribution in [3.63, 3.8) is 0 Å². The summed E-state index contributed by atoms with van der Waals surface area (Å²) in [6, 6.07) is 10.6. The topological polar surface area (TPSA) is 154 Å². The summed E-state index contributed by atoms with van der Waals surface area (Å²) in [5.74, 6) is 0.881. The highest BCUT2D eigenvalue weighted by atomic mass is 32.2. The van der Waals surface area contributed by atoms with Crippen molar-refractivity contribution in [1.82, 2.24) is 29.7 Å². The third kappa shape index (κ3) is 5.29. The van der Waals surface area contributed by atoms with Crippen LogP contribution in [0, 0.1) is 6.92 Å². The molecular formula is C25H29N7O5S. The first-order valence-corrected chi connectivity index (χ1v) is 13.4. The Kier molecular flexibility index (Phi) is 7.88. The Morgan fingerprint density at radius 1 is 1.03 bits per heavy atom. The number of sulfonamides is 1. The number of methoxy groups -OCH3 is 2. The first-order chi connectivity index (χ1) is 18.2. The maximum absolute atomic E-state index is 13.4. The summed E-state index contributed by atoms with van der Waals surface area (Å²) in [5, 5.41) is 17.8. The fourth-order valence-electron chi connectivity index (χ4n) is 3.74. The zero-order chi connectivity index (χ0) is 27.4. The minimum Gasteiger partial charge on any atom is -0.494 e. The number of rotatable bonds is 10. The van der Waals surface area contributed by atoms with E-state index in [1.807, 2.05) is 19.1 Å². The van der Waals surface area contributed by atoms with Gasteiger partial charge in [-0.15, -0.1) is 10.2 Å².